The highest BCUT2D eigenvalue weighted by Gasteiger charge is 2.10. The van der Waals surface area contributed by atoms with E-state index in [-0.39, 0.29) is 12.1 Å². The third-order valence-corrected chi connectivity index (χ3v) is 2.70. The SMILES string of the molecule is CCOC(=O)c1ccc(I)c(OC(C)C)c1. The zero-order chi connectivity index (χ0) is 12.1. The molecule has 0 N–H and O–H groups in total. The van der Waals surface area contributed by atoms with Crippen molar-refractivity contribution in [2.75, 3.05) is 6.61 Å². The molecule has 0 aliphatic rings. The Morgan fingerprint density at radius 3 is 2.69 bits per heavy atom. The number of halogens is 1. The number of carbonyl (C=O) groups excluding carboxylic acids is 1. The summed E-state index contributed by atoms with van der Waals surface area (Å²) in [6, 6.07) is 5.32. The normalized spacial score (nSPS) is 10.3. The minimum Gasteiger partial charge on any atom is -0.490 e. The third kappa shape index (κ3) is 3.66. The van der Waals surface area contributed by atoms with Crippen molar-refractivity contribution in [3.05, 3.63) is 27.3 Å². The van der Waals surface area contributed by atoms with Gasteiger partial charge in [0.05, 0.1) is 21.8 Å². The van der Waals surface area contributed by atoms with Crippen LogP contribution in [0.3, 0.4) is 0 Å². The Kier molecular flexibility index (Phi) is 5.05. The van der Waals surface area contributed by atoms with Gasteiger partial charge in [-0.05, 0) is 61.6 Å². The molecule has 0 bridgehead atoms. The average Bonchev–Trinajstić information content (AvgIpc) is 2.21. The maximum absolute atomic E-state index is 11.5. The van der Waals surface area contributed by atoms with Gasteiger partial charge in [-0.1, -0.05) is 0 Å². The number of hydrogen-bond donors (Lipinski definition) is 0. The predicted octanol–water partition coefficient (Wildman–Crippen LogP) is 3.26. The summed E-state index contributed by atoms with van der Waals surface area (Å²) < 4.78 is 11.5. The molecule has 0 aliphatic heterocycles. The number of rotatable bonds is 4. The van der Waals surface area contributed by atoms with Crippen LogP contribution in [0.25, 0.3) is 0 Å². The summed E-state index contributed by atoms with van der Waals surface area (Å²) in [5, 5.41) is 0. The first kappa shape index (κ1) is 13.3. The smallest absolute Gasteiger partial charge is 0.338 e. The van der Waals surface area contributed by atoms with E-state index in [1.54, 1.807) is 19.1 Å². The second-order valence-corrected chi connectivity index (χ2v) is 4.69. The van der Waals surface area contributed by atoms with Gasteiger partial charge in [-0.3, -0.25) is 0 Å². The molecule has 0 amide bonds. The molecule has 16 heavy (non-hydrogen) atoms. The molecule has 0 spiro atoms. The summed E-state index contributed by atoms with van der Waals surface area (Å²) in [4.78, 5) is 11.5. The van der Waals surface area contributed by atoms with E-state index in [0.29, 0.717) is 12.2 Å². The standard InChI is InChI=1S/C12H15IO3/c1-4-15-12(14)9-5-6-10(13)11(7-9)16-8(2)3/h5-8H,4H2,1-3H3. The van der Waals surface area contributed by atoms with Crippen LogP contribution < -0.4 is 4.74 Å². The first-order valence-corrected chi connectivity index (χ1v) is 6.25. The van der Waals surface area contributed by atoms with Gasteiger partial charge >= 0.3 is 5.97 Å². The molecule has 1 aromatic rings. The molecule has 0 unspecified atom stereocenters. The molecule has 1 rings (SSSR count). The lowest BCUT2D eigenvalue weighted by Crippen LogP contribution is -2.09. The van der Waals surface area contributed by atoms with Crippen LogP contribution >= 0.6 is 22.6 Å². The number of ether oxygens (including phenoxy) is 2. The van der Waals surface area contributed by atoms with Crippen molar-refractivity contribution < 1.29 is 14.3 Å². The van der Waals surface area contributed by atoms with E-state index in [0.717, 1.165) is 9.32 Å². The Morgan fingerprint density at radius 1 is 1.44 bits per heavy atom. The van der Waals surface area contributed by atoms with Crippen molar-refractivity contribution in [3.63, 3.8) is 0 Å². The topological polar surface area (TPSA) is 35.5 Å². The maximum atomic E-state index is 11.5. The van der Waals surface area contributed by atoms with Crippen LogP contribution in [0, 0.1) is 3.57 Å². The Labute approximate surface area is 109 Å². The van der Waals surface area contributed by atoms with E-state index >= 15 is 0 Å². The van der Waals surface area contributed by atoms with Crippen molar-refractivity contribution >= 4 is 28.6 Å². The summed E-state index contributed by atoms with van der Waals surface area (Å²) >= 11 is 2.18. The highest BCUT2D eigenvalue weighted by atomic mass is 127. The van der Waals surface area contributed by atoms with Gasteiger partial charge in [-0.2, -0.15) is 0 Å². The number of carbonyl (C=O) groups is 1. The molecule has 0 saturated carbocycles. The van der Waals surface area contributed by atoms with Crippen LogP contribution in [0.4, 0.5) is 0 Å². The fraction of sp³-hybridized carbons (Fsp3) is 0.417. The Balaban J connectivity index is 2.93. The highest BCUT2D eigenvalue weighted by Crippen LogP contribution is 2.23. The van der Waals surface area contributed by atoms with Gasteiger partial charge in [0.1, 0.15) is 5.75 Å². The lowest BCUT2D eigenvalue weighted by molar-refractivity contribution is 0.0525. The molecule has 1 aromatic carbocycles. The lowest BCUT2D eigenvalue weighted by Gasteiger charge is -2.12. The van der Waals surface area contributed by atoms with E-state index in [1.165, 1.54) is 0 Å². The predicted molar refractivity (Wildman–Crippen MR) is 70.9 cm³/mol. The number of esters is 1. The minimum atomic E-state index is -0.312. The molecule has 88 valence electrons. The summed E-state index contributed by atoms with van der Waals surface area (Å²) in [5.41, 5.74) is 0.526. The molecule has 0 fully saturated rings. The van der Waals surface area contributed by atoms with Crippen LogP contribution in [0.1, 0.15) is 31.1 Å². The van der Waals surface area contributed by atoms with Gasteiger partial charge in [0.25, 0.3) is 0 Å². The van der Waals surface area contributed by atoms with E-state index in [1.807, 2.05) is 19.9 Å². The van der Waals surface area contributed by atoms with Crippen LogP contribution in [0.15, 0.2) is 18.2 Å². The molecule has 0 aromatic heterocycles. The Bertz CT molecular complexity index is 375. The van der Waals surface area contributed by atoms with Gasteiger partial charge < -0.3 is 9.47 Å². The molecule has 3 nitrogen and oxygen atoms in total. The van der Waals surface area contributed by atoms with Crippen LogP contribution in [-0.2, 0) is 4.74 Å². The summed E-state index contributed by atoms with van der Waals surface area (Å²) in [7, 11) is 0. The summed E-state index contributed by atoms with van der Waals surface area (Å²) in [5.74, 6) is 0.411. The van der Waals surface area contributed by atoms with E-state index < -0.39 is 0 Å². The van der Waals surface area contributed by atoms with Crippen LogP contribution in [0.2, 0.25) is 0 Å². The van der Waals surface area contributed by atoms with Crippen LogP contribution in [0.5, 0.6) is 5.75 Å². The van der Waals surface area contributed by atoms with Crippen molar-refractivity contribution in [2.45, 2.75) is 26.9 Å². The largest absolute Gasteiger partial charge is 0.490 e. The second kappa shape index (κ2) is 6.08. The number of benzene rings is 1. The molecule has 0 aliphatic carbocycles. The average molecular weight is 334 g/mol. The summed E-state index contributed by atoms with van der Waals surface area (Å²) in [6.45, 7) is 6.07. The molecule has 0 radical (unpaired) electrons. The Hall–Kier alpha value is -0.780. The second-order valence-electron chi connectivity index (χ2n) is 3.53. The van der Waals surface area contributed by atoms with Gasteiger partial charge in [0, 0.05) is 0 Å². The van der Waals surface area contributed by atoms with E-state index in [2.05, 4.69) is 22.6 Å². The lowest BCUT2D eigenvalue weighted by atomic mass is 10.2. The molecule has 0 atom stereocenters. The van der Waals surface area contributed by atoms with Gasteiger partial charge in [0.15, 0.2) is 0 Å². The monoisotopic (exact) mass is 334 g/mol. The molecule has 4 heteroatoms. The zero-order valence-electron chi connectivity index (χ0n) is 9.62. The Morgan fingerprint density at radius 2 is 2.12 bits per heavy atom. The van der Waals surface area contributed by atoms with E-state index in [4.69, 9.17) is 9.47 Å². The molecular weight excluding hydrogens is 319 g/mol. The first-order chi connectivity index (χ1) is 7.54. The van der Waals surface area contributed by atoms with Crippen molar-refractivity contribution in [2.24, 2.45) is 0 Å². The van der Waals surface area contributed by atoms with Crippen molar-refractivity contribution in [1.82, 2.24) is 0 Å². The van der Waals surface area contributed by atoms with Gasteiger partial charge in [-0.25, -0.2) is 4.79 Å². The first-order valence-electron chi connectivity index (χ1n) is 5.18. The van der Waals surface area contributed by atoms with Crippen molar-refractivity contribution in [3.8, 4) is 5.75 Å². The quantitative estimate of drug-likeness (QED) is 0.626. The zero-order valence-corrected chi connectivity index (χ0v) is 11.8. The van der Waals surface area contributed by atoms with Gasteiger partial charge in [0.2, 0.25) is 0 Å². The molecule has 0 saturated heterocycles. The highest BCUT2D eigenvalue weighted by molar-refractivity contribution is 14.1. The summed E-state index contributed by atoms with van der Waals surface area (Å²) in [6.07, 6.45) is 0.0889. The maximum Gasteiger partial charge on any atom is 0.338 e. The van der Waals surface area contributed by atoms with Crippen molar-refractivity contribution in [1.29, 1.82) is 0 Å². The molecular formula is C12H15IO3. The third-order valence-electron chi connectivity index (χ3n) is 1.81. The molecule has 0 heterocycles. The minimum absolute atomic E-state index is 0.0889. The van der Waals surface area contributed by atoms with Crippen LogP contribution in [-0.4, -0.2) is 18.7 Å². The fourth-order valence-electron chi connectivity index (χ4n) is 1.19. The number of hydrogen-bond acceptors (Lipinski definition) is 3. The van der Waals surface area contributed by atoms with E-state index in [9.17, 15) is 4.79 Å². The fourth-order valence-corrected chi connectivity index (χ4v) is 1.65. The van der Waals surface area contributed by atoms with Gasteiger partial charge in [-0.15, -0.1) is 0 Å².